The maximum Gasteiger partial charge on any atom is 0.252 e. The normalized spacial score (nSPS) is 12.3. The van der Waals surface area contributed by atoms with Gasteiger partial charge in [-0.3, -0.25) is 4.79 Å². The average Bonchev–Trinajstić information content (AvgIpc) is 2.87. The van der Waals surface area contributed by atoms with Crippen LogP contribution in [0, 0.1) is 13.8 Å². The summed E-state index contributed by atoms with van der Waals surface area (Å²) in [5.74, 6) is 0.826. The number of benzene rings is 1. The molecule has 23 heavy (non-hydrogen) atoms. The number of hydrogen-bond acceptors (Lipinski definition) is 4. The maximum absolute atomic E-state index is 12.4. The molecule has 0 saturated carbocycles. The molecule has 1 atom stereocenters. The van der Waals surface area contributed by atoms with E-state index in [9.17, 15) is 4.79 Å². The summed E-state index contributed by atoms with van der Waals surface area (Å²) in [5.41, 5.74) is 2.99. The highest BCUT2D eigenvalue weighted by molar-refractivity contribution is 7.10. The first kappa shape index (κ1) is 17.5. The predicted molar refractivity (Wildman–Crippen MR) is 95.5 cm³/mol. The van der Waals surface area contributed by atoms with E-state index in [4.69, 9.17) is 4.74 Å². The summed E-state index contributed by atoms with van der Waals surface area (Å²) in [6.45, 7) is 4.59. The Labute approximate surface area is 142 Å². The smallest absolute Gasteiger partial charge is 0.252 e. The Kier molecular flexibility index (Phi) is 5.80. The van der Waals surface area contributed by atoms with Crippen molar-refractivity contribution in [2.45, 2.75) is 19.9 Å². The summed E-state index contributed by atoms with van der Waals surface area (Å²) in [6.07, 6.45) is 0. The molecule has 1 amide bonds. The Balaban J connectivity index is 2.07. The monoisotopic (exact) mass is 332 g/mol. The largest absolute Gasteiger partial charge is 0.497 e. The van der Waals surface area contributed by atoms with Gasteiger partial charge in [-0.25, -0.2) is 0 Å². The number of thiophene rings is 1. The van der Waals surface area contributed by atoms with Crippen molar-refractivity contribution in [2.24, 2.45) is 0 Å². The molecule has 0 aliphatic rings. The van der Waals surface area contributed by atoms with E-state index in [2.05, 4.69) is 10.2 Å². The van der Waals surface area contributed by atoms with Gasteiger partial charge in [0.1, 0.15) is 5.75 Å². The van der Waals surface area contributed by atoms with Crippen molar-refractivity contribution in [1.82, 2.24) is 10.2 Å². The van der Waals surface area contributed by atoms with Crippen molar-refractivity contribution < 1.29 is 9.53 Å². The molecule has 0 saturated heterocycles. The fourth-order valence-corrected chi connectivity index (χ4v) is 3.31. The minimum atomic E-state index is -0.00721. The number of methoxy groups -OCH3 is 1. The maximum atomic E-state index is 12.4. The Morgan fingerprint density at radius 3 is 2.39 bits per heavy atom. The fourth-order valence-electron chi connectivity index (χ4n) is 2.45. The van der Waals surface area contributed by atoms with Gasteiger partial charge in [-0.1, -0.05) is 12.1 Å². The molecule has 0 spiro atoms. The lowest BCUT2D eigenvalue weighted by molar-refractivity contribution is 0.0941. The van der Waals surface area contributed by atoms with Crippen LogP contribution in [0.15, 0.2) is 29.6 Å². The molecule has 1 N–H and O–H groups in total. The summed E-state index contributed by atoms with van der Waals surface area (Å²) < 4.78 is 5.20. The van der Waals surface area contributed by atoms with Gasteiger partial charge in [0.25, 0.3) is 5.91 Å². The van der Waals surface area contributed by atoms with Crippen LogP contribution < -0.4 is 10.1 Å². The SMILES string of the molecule is COc1ccc(C(CNC(=O)c2csc(C)c2C)N(C)C)cc1. The lowest BCUT2D eigenvalue weighted by atomic mass is 10.1. The zero-order chi connectivity index (χ0) is 17.0. The number of likely N-dealkylation sites (N-methyl/N-ethyl adjacent to an activating group) is 1. The second-order valence-electron chi connectivity index (χ2n) is 5.79. The zero-order valence-electron chi connectivity index (χ0n) is 14.3. The van der Waals surface area contributed by atoms with E-state index in [1.807, 2.05) is 57.6 Å². The molecule has 0 bridgehead atoms. The number of nitrogens with one attached hydrogen (secondary N) is 1. The first-order valence-electron chi connectivity index (χ1n) is 7.57. The summed E-state index contributed by atoms with van der Waals surface area (Å²) >= 11 is 1.62. The van der Waals surface area contributed by atoms with E-state index >= 15 is 0 Å². The number of hydrogen-bond donors (Lipinski definition) is 1. The van der Waals surface area contributed by atoms with Crippen molar-refractivity contribution in [3.63, 3.8) is 0 Å². The molecule has 5 heteroatoms. The van der Waals surface area contributed by atoms with Gasteiger partial charge in [-0.15, -0.1) is 11.3 Å². The first-order chi connectivity index (χ1) is 10.9. The van der Waals surface area contributed by atoms with Gasteiger partial charge in [0, 0.05) is 16.8 Å². The second kappa shape index (κ2) is 7.62. The molecular formula is C18H24N2O2S. The number of rotatable bonds is 6. The number of carbonyl (C=O) groups is 1. The number of carbonyl (C=O) groups excluding carboxylic acids is 1. The second-order valence-corrected chi connectivity index (χ2v) is 6.88. The minimum absolute atomic E-state index is 0.00721. The highest BCUT2D eigenvalue weighted by atomic mass is 32.1. The molecule has 4 nitrogen and oxygen atoms in total. The van der Waals surface area contributed by atoms with Gasteiger partial charge in [-0.05, 0) is 51.2 Å². The molecule has 1 aromatic heterocycles. The van der Waals surface area contributed by atoms with Gasteiger partial charge in [0.05, 0.1) is 18.7 Å². The predicted octanol–water partition coefficient (Wildman–Crippen LogP) is 3.41. The highest BCUT2D eigenvalue weighted by Gasteiger charge is 2.17. The van der Waals surface area contributed by atoms with Crippen molar-refractivity contribution >= 4 is 17.2 Å². The van der Waals surface area contributed by atoms with Crippen LogP contribution in [0.5, 0.6) is 5.75 Å². The molecule has 1 heterocycles. The third kappa shape index (κ3) is 4.12. The Morgan fingerprint density at radius 1 is 1.26 bits per heavy atom. The van der Waals surface area contributed by atoms with E-state index in [0.717, 1.165) is 22.4 Å². The molecule has 0 radical (unpaired) electrons. The number of ether oxygens (including phenoxy) is 1. The van der Waals surface area contributed by atoms with Crippen molar-refractivity contribution in [2.75, 3.05) is 27.7 Å². The third-order valence-corrected chi connectivity index (χ3v) is 5.12. The quantitative estimate of drug-likeness (QED) is 0.881. The van der Waals surface area contributed by atoms with Crippen molar-refractivity contribution in [3.8, 4) is 5.75 Å². The number of nitrogens with zero attached hydrogens (tertiary/aromatic N) is 1. The van der Waals surface area contributed by atoms with Crippen LogP contribution in [0.25, 0.3) is 0 Å². The standard InChI is InChI=1S/C18H24N2O2S/c1-12-13(2)23-11-16(12)18(21)19-10-17(20(3)4)14-6-8-15(22-5)9-7-14/h6-9,11,17H,10H2,1-5H3,(H,19,21). The lowest BCUT2D eigenvalue weighted by Gasteiger charge is -2.25. The fraction of sp³-hybridized carbons (Fsp3) is 0.389. The van der Waals surface area contributed by atoms with Crippen LogP contribution in [0.2, 0.25) is 0 Å². The van der Waals surface area contributed by atoms with E-state index in [1.54, 1.807) is 18.4 Å². The van der Waals surface area contributed by atoms with Gasteiger partial charge in [0.15, 0.2) is 0 Å². The summed E-state index contributed by atoms with van der Waals surface area (Å²) in [5, 5.41) is 4.99. The van der Waals surface area contributed by atoms with Crippen LogP contribution in [-0.2, 0) is 0 Å². The molecular weight excluding hydrogens is 308 g/mol. The molecule has 1 aromatic carbocycles. The Bertz CT molecular complexity index is 662. The molecule has 2 aromatic rings. The third-order valence-electron chi connectivity index (χ3n) is 4.11. The molecule has 0 aliphatic heterocycles. The van der Waals surface area contributed by atoms with Gasteiger partial charge in [0.2, 0.25) is 0 Å². The van der Waals surface area contributed by atoms with E-state index in [0.29, 0.717) is 6.54 Å². The molecule has 124 valence electrons. The van der Waals surface area contributed by atoms with Gasteiger partial charge >= 0.3 is 0 Å². The zero-order valence-corrected chi connectivity index (χ0v) is 15.2. The van der Waals surface area contributed by atoms with Crippen LogP contribution in [-0.4, -0.2) is 38.6 Å². The van der Waals surface area contributed by atoms with Crippen LogP contribution in [0.4, 0.5) is 0 Å². The van der Waals surface area contributed by atoms with E-state index in [-0.39, 0.29) is 11.9 Å². The van der Waals surface area contributed by atoms with Gasteiger partial charge < -0.3 is 15.0 Å². The van der Waals surface area contributed by atoms with E-state index < -0.39 is 0 Å². The van der Waals surface area contributed by atoms with Crippen molar-refractivity contribution in [1.29, 1.82) is 0 Å². The summed E-state index contributed by atoms with van der Waals surface area (Å²) in [7, 11) is 5.69. The number of aryl methyl sites for hydroxylation is 1. The highest BCUT2D eigenvalue weighted by Crippen LogP contribution is 2.22. The minimum Gasteiger partial charge on any atom is -0.497 e. The van der Waals surface area contributed by atoms with Crippen LogP contribution in [0.3, 0.4) is 0 Å². The van der Waals surface area contributed by atoms with E-state index in [1.165, 1.54) is 4.88 Å². The van der Waals surface area contributed by atoms with Gasteiger partial charge in [-0.2, -0.15) is 0 Å². The Hall–Kier alpha value is -1.85. The first-order valence-corrected chi connectivity index (χ1v) is 8.45. The van der Waals surface area contributed by atoms with Crippen LogP contribution in [0.1, 0.15) is 32.4 Å². The molecule has 1 unspecified atom stereocenters. The average molecular weight is 332 g/mol. The Morgan fingerprint density at radius 2 is 1.91 bits per heavy atom. The van der Waals surface area contributed by atoms with Crippen molar-refractivity contribution in [3.05, 3.63) is 51.2 Å². The summed E-state index contributed by atoms with van der Waals surface area (Å²) in [4.78, 5) is 15.7. The molecule has 0 fully saturated rings. The number of amides is 1. The lowest BCUT2D eigenvalue weighted by Crippen LogP contribution is -2.34. The molecule has 2 rings (SSSR count). The van der Waals surface area contributed by atoms with Crippen LogP contribution >= 0.6 is 11.3 Å². The topological polar surface area (TPSA) is 41.6 Å². The summed E-state index contributed by atoms with van der Waals surface area (Å²) in [6, 6.07) is 8.08. The molecule has 0 aliphatic carbocycles.